The average Bonchev–Trinajstić information content (AvgIpc) is 2.29. The van der Waals surface area contributed by atoms with Gasteiger partial charge >= 0.3 is 0 Å². The van der Waals surface area contributed by atoms with Crippen LogP contribution in [0.3, 0.4) is 0 Å². The van der Waals surface area contributed by atoms with E-state index in [9.17, 15) is 0 Å². The monoisotopic (exact) mass is 268 g/mol. The van der Waals surface area contributed by atoms with Gasteiger partial charge in [0.15, 0.2) is 0 Å². The number of hydrogen-bond acceptors (Lipinski definition) is 2. The van der Waals surface area contributed by atoms with Crippen molar-refractivity contribution in [2.24, 2.45) is 5.73 Å². The standard InChI is InChI=1S/C15H24N2.ClH/c1-12-6-5-7-14(10-12)11-17-9-4-3-8-15(17)13(2)16;/h5-7,10,13,15H,3-4,8-9,11,16H2,1-2H3;1H. The molecule has 1 aromatic carbocycles. The van der Waals surface area contributed by atoms with Crippen LogP contribution >= 0.6 is 12.4 Å². The molecule has 1 heterocycles. The lowest BCUT2D eigenvalue weighted by molar-refractivity contribution is 0.123. The summed E-state index contributed by atoms with van der Waals surface area (Å²) in [6.45, 7) is 6.54. The van der Waals surface area contributed by atoms with Gasteiger partial charge in [0.2, 0.25) is 0 Å². The molecule has 18 heavy (non-hydrogen) atoms. The Balaban J connectivity index is 0.00000162. The molecule has 2 atom stereocenters. The third kappa shape index (κ3) is 3.98. The molecule has 3 heteroatoms. The largest absolute Gasteiger partial charge is 0.327 e. The molecule has 0 bridgehead atoms. The smallest absolute Gasteiger partial charge is 0.0248 e. The maximum atomic E-state index is 6.10. The molecule has 1 aliphatic rings. The van der Waals surface area contributed by atoms with Crippen molar-refractivity contribution in [2.75, 3.05) is 6.54 Å². The van der Waals surface area contributed by atoms with Gasteiger partial charge in [-0.3, -0.25) is 4.90 Å². The van der Waals surface area contributed by atoms with Gasteiger partial charge in [0.1, 0.15) is 0 Å². The number of likely N-dealkylation sites (tertiary alicyclic amines) is 1. The predicted octanol–water partition coefficient (Wildman–Crippen LogP) is 3.12. The average molecular weight is 269 g/mol. The van der Waals surface area contributed by atoms with E-state index in [-0.39, 0.29) is 18.4 Å². The third-order valence-corrected chi connectivity index (χ3v) is 3.74. The van der Waals surface area contributed by atoms with Crippen LogP contribution in [-0.2, 0) is 6.54 Å². The normalized spacial score (nSPS) is 22.3. The van der Waals surface area contributed by atoms with E-state index in [0.717, 1.165) is 6.54 Å². The van der Waals surface area contributed by atoms with Crippen LogP contribution in [0.4, 0.5) is 0 Å². The first-order valence-corrected chi connectivity index (χ1v) is 6.72. The van der Waals surface area contributed by atoms with Crippen LogP contribution in [0.5, 0.6) is 0 Å². The minimum Gasteiger partial charge on any atom is -0.327 e. The fourth-order valence-electron chi connectivity index (χ4n) is 2.85. The zero-order chi connectivity index (χ0) is 12.3. The molecule has 2 nitrogen and oxygen atoms in total. The lowest BCUT2D eigenvalue weighted by Gasteiger charge is -2.38. The fraction of sp³-hybridized carbons (Fsp3) is 0.600. The summed E-state index contributed by atoms with van der Waals surface area (Å²) in [6.07, 6.45) is 3.90. The first-order chi connectivity index (χ1) is 8.16. The highest BCUT2D eigenvalue weighted by atomic mass is 35.5. The van der Waals surface area contributed by atoms with Crippen LogP contribution in [-0.4, -0.2) is 23.5 Å². The van der Waals surface area contributed by atoms with E-state index in [2.05, 4.69) is 43.0 Å². The minimum absolute atomic E-state index is 0. The summed E-state index contributed by atoms with van der Waals surface area (Å²) >= 11 is 0. The molecule has 0 aromatic heterocycles. The Hall–Kier alpha value is -0.570. The van der Waals surface area contributed by atoms with Gasteiger partial charge in [-0.05, 0) is 38.8 Å². The van der Waals surface area contributed by atoms with Crippen molar-refractivity contribution >= 4 is 12.4 Å². The first-order valence-electron chi connectivity index (χ1n) is 6.72. The van der Waals surface area contributed by atoms with Crippen molar-refractivity contribution < 1.29 is 0 Å². The van der Waals surface area contributed by atoms with E-state index >= 15 is 0 Å². The number of benzene rings is 1. The molecule has 0 radical (unpaired) electrons. The molecule has 0 aliphatic carbocycles. The van der Waals surface area contributed by atoms with Crippen LogP contribution < -0.4 is 5.73 Å². The van der Waals surface area contributed by atoms with Gasteiger partial charge in [-0.15, -0.1) is 12.4 Å². The van der Waals surface area contributed by atoms with E-state index < -0.39 is 0 Å². The highest BCUT2D eigenvalue weighted by molar-refractivity contribution is 5.85. The summed E-state index contributed by atoms with van der Waals surface area (Å²) in [6, 6.07) is 9.65. The van der Waals surface area contributed by atoms with Crippen molar-refractivity contribution in [3.63, 3.8) is 0 Å². The number of aryl methyl sites for hydroxylation is 1. The van der Waals surface area contributed by atoms with Crippen LogP contribution in [0.15, 0.2) is 24.3 Å². The summed E-state index contributed by atoms with van der Waals surface area (Å²) in [7, 11) is 0. The lowest BCUT2D eigenvalue weighted by Crippen LogP contribution is -2.48. The number of hydrogen-bond donors (Lipinski definition) is 1. The molecule has 2 unspecified atom stereocenters. The van der Waals surface area contributed by atoms with Crippen LogP contribution in [0, 0.1) is 6.92 Å². The van der Waals surface area contributed by atoms with Crippen LogP contribution in [0.1, 0.15) is 37.3 Å². The number of halogens is 1. The molecule has 1 aliphatic heterocycles. The molecule has 0 saturated carbocycles. The summed E-state index contributed by atoms with van der Waals surface area (Å²) in [5.74, 6) is 0. The molecule has 1 saturated heterocycles. The Morgan fingerprint density at radius 3 is 2.83 bits per heavy atom. The van der Waals surface area contributed by atoms with Crippen molar-refractivity contribution in [1.82, 2.24) is 4.90 Å². The summed E-state index contributed by atoms with van der Waals surface area (Å²) < 4.78 is 0. The zero-order valence-corrected chi connectivity index (χ0v) is 12.2. The lowest BCUT2D eigenvalue weighted by atomic mass is 9.96. The second-order valence-electron chi connectivity index (χ2n) is 5.38. The Morgan fingerprint density at radius 1 is 1.39 bits per heavy atom. The van der Waals surface area contributed by atoms with Gasteiger partial charge in [-0.2, -0.15) is 0 Å². The first kappa shape index (κ1) is 15.5. The molecule has 1 fully saturated rings. The molecule has 102 valence electrons. The van der Waals surface area contributed by atoms with E-state index in [1.165, 1.54) is 36.9 Å². The Bertz CT molecular complexity index is 365. The Morgan fingerprint density at radius 2 is 2.17 bits per heavy atom. The fourth-order valence-corrected chi connectivity index (χ4v) is 2.85. The van der Waals surface area contributed by atoms with Gasteiger partial charge < -0.3 is 5.73 Å². The van der Waals surface area contributed by atoms with Gasteiger partial charge in [-0.25, -0.2) is 0 Å². The van der Waals surface area contributed by atoms with E-state index in [0.29, 0.717) is 6.04 Å². The number of piperidine rings is 1. The molecule has 2 rings (SSSR count). The molecule has 1 aromatic rings. The van der Waals surface area contributed by atoms with E-state index in [1.54, 1.807) is 0 Å². The SMILES string of the molecule is Cc1cccc(CN2CCCCC2C(C)N)c1.Cl. The number of nitrogens with two attached hydrogens (primary N) is 1. The second-order valence-corrected chi connectivity index (χ2v) is 5.38. The maximum Gasteiger partial charge on any atom is 0.0248 e. The van der Waals surface area contributed by atoms with Crippen LogP contribution in [0.2, 0.25) is 0 Å². The molecule has 0 spiro atoms. The Labute approximate surface area is 117 Å². The highest BCUT2D eigenvalue weighted by Gasteiger charge is 2.25. The summed E-state index contributed by atoms with van der Waals surface area (Å²) in [4.78, 5) is 2.56. The number of nitrogens with zero attached hydrogens (tertiary/aromatic N) is 1. The van der Waals surface area contributed by atoms with Gasteiger partial charge in [0, 0.05) is 18.6 Å². The molecular formula is C15H25ClN2. The predicted molar refractivity (Wildman–Crippen MR) is 80.1 cm³/mol. The van der Waals surface area contributed by atoms with Crippen molar-refractivity contribution in [2.45, 2.75) is 51.7 Å². The van der Waals surface area contributed by atoms with Gasteiger partial charge in [0.25, 0.3) is 0 Å². The quantitative estimate of drug-likeness (QED) is 0.913. The molecule has 0 amide bonds. The number of rotatable bonds is 3. The van der Waals surface area contributed by atoms with Crippen LogP contribution in [0.25, 0.3) is 0 Å². The van der Waals surface area contributed by atoms with E-state index in [4.69, 9.17) is 5.73 Å². The van der Waals surface area contributed by atoms with Crippen molar-refractivity contribution in [3.8, 4) is 0 Å². The zero-order valence-electron chi connectivity index (χ0n) is 11.4. The minimum atomic E-state index is 0. The Kier molecular flexibility index (Phi) is 6.13. The second kappa shape index (κ2) is 7.13. The topological polar surface area (TPSA) is 29.3 Å². The summed E-state index contributed by atoms with van der Waals surface area (Å²) in [5, 5.41) is 0. The van der Waals surface area contributed by atoms with Crippen molar-refractivity contribution in [3.05, 3.63) is 35.4 Å². The highest BCUT2D eigenvalue weighted by Crippen LogP contribution is 2.21. The maximum absolute atomic E-state index is 6.10. The van der Waals surface area contributed by atoms with Gasteiger partial charge in [-0.1, -0.05) is 36.2 Å². The van der Waals surface area contributed by atoms with Crippen molar-refractivity contribution in [1.29, 1.82) is 0 Å². The molecule has 2 N–H and O–H groups in total. The van der Waals surface area contributed by atoms with E-state index in [1.807, 2.05) is 0 Å². The summed E-state index contributed by atoms with van der Waals surface area (Å²) in [5.41, 5.74) is 8.86. The van der Waals surface area contributed by atoms with Gasteiger partial charge in [0.05, 0.1) is 0 Å². The third-order valence-electron chi connectivity index (χ3n) is 3.74. The molecular weight excluding hydrogens is 244 g/mol.